The van der Waals surface area contributed by atoms with Crippen LogP contribution >= 0.6 is 0 Å². The lowest BCUT2D eigenvalue weighted by Gasteiger charge is -2.39. The predicted molar refractivity (Wildman–Crippen MR) is 117 cm³/mol. The molecule has 0 saturated carbocycles. The molecule has 7 nitrogen and oxygen atoms in total. The molecule has 0 unspecified atom stereocenters. The molecule has 0 radical (unpaired) electrons. The number of alkyl halides is 3. The number of halogens is 3. The Morgan fingerprint density at radius 3 is 2.52 bits per heavy atom. The van der Waals surface area contributed by atoms with Gasteiger partial charge in [-0.3, -0.25) is 4.68 Å². The number of anilines is 1. The third kappa shape index (κ3) is 4.71. The molecule has 33 heavy (non-hydrogen) atoms. The maximum atomic E-state index is 12.8. The lowest BCUT2D eigenvalue weighted by molar-refractivity contribution is -0.671. The number of piperidine rings is 1. The summed E-state index contributed by atoms with van der Waals surface area (Å²) in [7, 11) is 1.93. The fraction of sp³-hybridized carbons (Fsp3) is 0.478. The van der Waals surface area contributed by atoms with E-state index in [-0.39, 0.29) is 0 Å². The highest BCUT2D eigenvalue weighted by Gasteiger charge is 2.37. The molecule has 10 heteroatoms. The van der Waals surface area contributed by atoms with E-state index in [4.69, 9.17) is 4.98 Å². The topological polar surface area (TPSA) is 62.8 Å². The van der Waals surface area contributed by atoms with Gasteiger partial charge in [-0.2, -0.15) is 18.3 Å². The van der Waals surface area contributed by atoms with Crippen molar-refractivity contribution in [3.05, 3.63) is 43.1 Å². The van der Waals surface area contributed by atoms with Crippen LogP contribution in [0.2, 0.25) is 0 Å². The van der Waals surface area contributed by atoms with Crippen LogP contribution in [0.15, 0.2) is 43.1 Å². The van der Waals surface area contributed by atoms with Gasteiger partial charge in [0.15, 0.2) is 12.4 Å². The minimum absolute atomic E-state index is 0.389. The molecule has 0 amide bonds. The lowest BCUT2D eigenvalue weighted by atomic mass is 9.78. The van der Waals surface area contributed by atoms with Crippen LogP contribution in [-0.4, -0.2) is 52.1 Å². The van der Waals surface area contributed by atoms with E-state index in [1.54, 1.807) is 6.20 Å². The van der Waals surface area contributed by atoms with E-state index in [1.807, 2.05) is 36.1 Å². The van der Waals surface area contributed by atoms with Gasteiger partial charge >= 0.3 is 6.18 Å². The van der Waals surface area contributed by atoms with Gasteiger partial charge in [0.05, 0.1) is 11.9 Å². The van der Waals surface area contributed by atoms with Crippen molar-refractivity contribution in [1.29, 1.82) is 0 Å². The number of rotatable bonds is 4. The molecule has 5 rings (SSSR count). The highest BCUT2D eigenvalue weighted by Crippen LogP contribution is 2.38. The molecule has 5 heterocycles. The quantitative estimate of drug-likeness (QED) is 0.609. The molecule has 1 spiro atoms. The Bertz CT molecular complexity index is 1110. The van der Waals surface area contributed by atoms with E-state index >= 15 is 0 Å². The van der Waals surface area contributed by atoms with Crippen LogP contribution in [0.5, 0.6) is 0 Å². The first-order valence-corrected chi connectivity index (χ1v) is 11.2. The number of aryl methyl sites for hydroxylation is 1. The first kappa shape index (κ1) is 21.8. The van der Waals surface area contributed by atoms with Crippen LogP contribution in [0.1, 0.15) is 19.3 Å². The summed E-state index contributed by atoms with van der Waals surface area (Å²) in [6, 6.07) is 3.90. The van der Waals surface area contributed by atoms with E-state index in [1.165, 1.54) is 18.8 Å². The molecule has 0 atom stereocenters. The number of nitrogens with one attached hydrogen (secondary N) is 1. The van der Waals surface area contributed by atoms with Crippen molar-refractivity contribution in [3.8, 4) is 22.4 Å². The Morgan fingerprint density at radius 2 is 1.85 bits per heavy atom. The normalized spacial score (nSPS) is 18.2. The second kappa shape index (κ2) is 8.40. The highest BCUT2D eigenvalue weighted by atomic mass is 19.4. The molecule has 174 valence electrons. The van der Waals surface area contributed by atoms with Crippen molar-refractivity contribution >= 4 is 5.95 Å². The molecule has 2 fully saturated rings. The maximum absolute atomic E-state index is 12.8. The van der Waals surface area contributed by atoms with Crippen molar-refractivity contribution in [3.63, 3.8) is 0 Å². The Labute approximate surface area is 190 Å². The third-order valence-electron chi connectivity index (χ3n) is 6.75. The van der Waals surface area contributed by atoms with Crippen LogP contribution < -0.4 is 14.8 Å². The second-order valence-electron chi connectivity index (χ2n) is 9.14. The van der Waals surface area contributed by atoms with Gasteiger partial charge in [-0.25, -0.2) is 14.5 Å². The Hall–Kier alpha value is -3.01. The first-order valence-electron chi connectivity index (χ1n) is 11.2. The summed E-state index contributed by atoms with van der Waals surface area (Å²) >= 11 is 0. The van der Waals surface area contributed by atoms with Crippen molar-refractivity contribution < 1.29 is 17.7 Å². The first-order chi connectivity index (χ1) is 15.8. The van der Waals surface area contributed by atoms with Gasteiger partial charge in [0, 0.05) is 60.9 Å². The molecule has 2 aliphatic rings. The highest BCUT2D eigenvalue weighted by molar-refractivity contribution is 5.80. The maximum Gasteiger partial charge on any atom is 0.408 e. The molecule has 3 aromatic heterocycles. The Balaban J connectivity index is 1.47. The van der Waals surface area contributed by atoms with Gasteiger partial charge in [-0.15, -0.1) is 0 Å². The Kier molecular flexibility index (Phi) is 5.55. The van der Waals surface area contributed by atoms with E-state index in [2.05, 4.69) is 20.3 Å². The number of pyridine rings is 1. The monoisotopic (exact) mass is 458 g/mol. The van der Waals surface area contributed by atoms with Crippen LogP contribution in [0.4, 0.5) is 19.1 Å². The molecule has 0 bridgehead atoms. The fourth-order valence-corrected chi connectivity index (χ4v) is 4.79. The zero-order chi connectivity index (χ0) is 23.1. The number of nitrogens with zero attached hydrogens (tertiary/aromatic N) is 6. The summed E-state index contributed by atoms with van der Waals surface area (Å²) < 4.78 is 41.2. The summed E-state index contributed by atoms with van der Waals surface area (Å²) in [5, 5.41) is 7.38. The van der Waals surface area contributed by atoms with Crippen molar-refractivity contribution in [2.75, 3.05) is 31.1 Å². The molecule has 3 aromatic rings. The van der Waals surface area contributed by atoms with Gasteiger partial charge < -0.3 is 10.2 Å². The average Bonchev–Trinajstić information content (AvgIpc) is 3.43. The van der Waals surface area contributed by atoms with Gasteiger partial charge in [0.2, 0.25) is 5.95 Å². The SMILES string of the molecule is C[n+]1ccc(-c2nc(N3CCC4(CCNC4)CC3)ncc2-c2cnn(CC(F)(F)F)c2)cc1. The molecular formula is C23H27F3N7+. The smallest absolute Gasteiger partial charge is 0.341 e. The molecule has 0 aliphatic carbocycles. The second-order valence-corrected chi connectivity index (χ2v) is 9.14. The summed E-state index contributed by atoms with van der Waals surface area (Å²) in [4.78, 5) is 11.7. The predicted octanol–water partition coefficient (Wildman–Crippen LogP) is 2.97. The van der Waals surface area contributed by atoms with E-state index < -0.39 is 12.7 Å². The molecule has 2 saturated heterocycles. The minimum atomic E-state index is -4.33. The van der Waals surface area contributed by atoms with Gasteiger partial charge in [0.25, 0.3) is 0 Å². The molecule has 1 N–H and O–H groups in total. The van der Waals surface area contributed by atoms with Crippen LogP contribution in [0.3, 0.4) is 0 Å². The molecule has 2 aliphatic heterocycles. The summed E-state index contributed by atoms with van der Waals surface area (Å²) in [5.41, 5.74) is 3.18. The van der Waals surface area contributed by atoms with Crippen LogP contribution in [0.25, 0.3) is 22.4 Å². The average molecular weight is 459 g/mol. The minimum Gasteiger partial charge on any atom is -0.341 e. The summed E-state index contributed by atoms with van der Waals surface area (Å²) in [5.74, 6) is 0.658. The number of hydrogen-bond donors (Lipinski definition) is 1. The largest absolute Gasteiger partial charge is 0.408 e. The molecule has 0 aromatic carbocycles. The van der Waals surface area contributed by atoms with Crippen molar-refractivity contribution in [1.82, 2.24) is 25.1 Å². The standard InChI is InChI=1S/C23H27F3N7/c1-31-8-2-17(3-9-31)20-19(18-12-29-33(14-18)16-23(24,25)26)13-28-21(30-20)32-10-5-22(6-11-32)4-7-27-15-22/h2-3,8-9,12-14,27H,4-7,10-11,15-16H2,1H3/q+1. The van der Waals surface area contributed by atoms with Crippen LogP contribution in [-0.2, 0) is 13.6 Å². The van der Waals surface area contributed by atoms with E-state index in [9.17, 15) is 13.2 Å². The van der Waals surface area contributed by atoms with Gasteiger partial charge in [0.1, 0.15) is 13.6 Å². The summed E-state index contributed by atoms with van der Waals surface area (Å²) in [6.07, 6.45) is 7.48. The van der Waals surface area contributed by atoms with E-state index in [0.717, 1.165) is 49.3 Å². The number of hydrogen-bond acceptors (Lipinski definition) is 5. The number of aromatic nitrogens is 5. The molecular weight excluding hydrogens is 431 g/mol. The van der Waals surface area contributed by atoms with E-state index in [0.29, 0.717) is 28.2 Å². The van der Waals surface area contributed by atoms with Gasteiger partial charge in [-0.05, 0) is 31.2 Å². The van der Waals surface area contributed by atoms with Crippen molar-refractivity contribution in [2.24, 2.45) is 12.5 Å². The fourth-order valence-electron chi connectivity index (χ4n) is 4.79. The zero-order valence-electron chi connectivity index (χ0n) is 18.5. The van der Waals surface area contributed by atoms with Crippen molar-refractivity contribution in [2.45, 2.75) is 32.0 Å². The summed E-state index contributed by atoms with van der Waals surface area (Å²) in [6.45, 7) is 2.83. The third-order valence-corrected chi connectivity index (χ3v) is 6.75. The zero-order valence-corrected chi connectivity index (χ0v) is 18.5. The van der Waals surface area contributed by atoms with Gasteiger partial charge in [-0.1, -0.05) is 0 Å². The lowest BCUT2D eigenvalue weighted by Crippen LogP contribution is -2.42. The Morgan fingerprint density at radius 1 is 1.09 bits per heavy atom. The van der Waals surface area contributed by atoms with Crippen LogP contribution in [0, 0.1) is 5.41 Å².